The maximum atomic E-state index is 5.90. The van der Waals surface area contributed by atoms with Gasteiger partial charge in [-0.3, -0.25) is 0 Å². The van der Waals surface area contributed by atoms with E-state index in [1.165, 1.54) is 32.1 Å². The summed E-state index contributed by atoms with van der Waals surface area (Å²) in [7, 11) is 0. The van der Waals surface area contributed by atoms with Crippen LogP contribution in [0.25, 0.3) is 0 Å². The van der Waals surface area contributed by atoms with Gasteiger partial charge in [0.2, 0.25) is 0 Å². The van der Waals surface area contributed by atoms with E-state index in [2.05, 4.69) is 30.2 Å². The molecule has 0 bridgehead atoms. The average molecular weight is 281 g/mol. The Labute approximate surface area is 122 Å². The number of halogens is 1. The molecule has 1 aliphatic rings. The van der Waals surface area contributed by atoms with Crippen LogP contribution in [0.5, 0.6) is 0 Å². The van der Waals surface area contributed by atoms with Crippen LogP contribution in [0.1, 0.15) is 51.6 Å². The van der Waals surface area contributed by atoms with Gasteiger partial charge in [-0.25, -0.2) is 4.98 Å². The number of nitrogens with zero attached hydrogens (tertiary/aromatic N) is 1. The zero-order valence-electron chi connectivity index (χ0n) is 12.2. The Balaban J connectivity index is 1.96. The van der Waals surface area contributed by atoms with Gasteiger partial charge in [0.15, 0.2) is 0 Å². The second-order valence-electron chi connectivity index (χ2n) is 6.12. The van der Waals surface area contributed by atoms with Crippen LogP contribution in [0, 0.1) is 18.8 Å². The molecule has 1 heterocycles. The molecule has 2 unspecified atom stereocenters. The Morgan fingerprint density at radius 3 is 2.68 bits per heavy atom. The van der Waals surface area contributed by atoms with Crippen LogP contribution >= 0.6 is 11.6 Å². The normalized spacial score (nSPS) is 24.3. The first-order valence-corrected chi connectivity index (χ1v) is 7.83. The van der Waals surface area contributed by atoms with E-state index in [0.717, 1.165) is 23.2 Å². The molecule has 3 heteroatoms. The Bertz CT molecular complexity index is 417. The predicted molar refractivity (Wildman–Crippen MR) is 82.8 cm³/mol. The third-order valence-electron chi connectivity index (χ3n) is 4.37. The first-order chi connectivity index (χ1) is 9.06. The topological polar surface area (TPSA) is 24.9 Å². The van der Waals surface area contributed by atoms with Gasteiger partial charge in [0, 0.05) is 6.04 Å². The van der Waals surface area contributed by atoms with E-state index in [-0.39, 0.29) is 0 Å². The van der Waals surface area contributed by atoms with Crippen molar-refractivity contribution in [3.8, 4) is 0 Å². The number of nitrogens with one attached hydrogen (secondary N) is 1. The summed E-state index contributed by atoms with van der Waals surface area (Å²) in [5.74, 6) is 1.72. The van der Waals surface area contributed by atoms with Crippen LogP contribution in [-0.4, -0.2) is 11.0 Å². The molecule has 0 saturated heterocycles. The zero-order valence-corrected chi connectivity index (χ0v) is 13.0. The first-order valence-electron chi connectivity index (χ1n) is 7.46. The van der Waals surface area contributed by atoms with Gasteiger partial charge >= 0.3 is 0 Å². The maximum Gasteiger partial charge on any atom is 0.129 e. The molecule has 2 rings (SSSR count). The van der Waals surface area contributed by atoms with Crippen LogP contribution in [0.2, 0.25) is 5.15 Å². The molecular formula is C16H25ClN2. The van der Waals surface area contributed by atoms with Gasteiger partial charge in [-0.1, -0.05) is 38.3 Å². The SMILES string of the molecule is Cc1nc(Cl)ccc1NC1CCCC(C(C)C)CC1. The minimum Gasteiger partial charge on any atom is -0.381 e. The van der Waals surface area contributed by atoms with Gasteiger partial charge in [0.05, 0.1) is 11.4 Å². The van der Waals surface area contributed by atoms with E-state index in [1.54, 1.807) is 0 Å². The summed E-state index contributed by atoms with van der Waals surface area (Å²) >= 11 is 5.90. The van der Waals surface area contributed by atoms with E-state index in [4.69, 9.17) is 11.6 Å². The van der Waals surface area contributed by atoms with Crippen molar-refractivity contribution in [1.29, 1.82) is 0 Å². The molecule has 1 saturated carbocycles. The van der Waals surface area contributed by atoms with E-state index in [9.17, 15) is 0 Å². The number of aromatic nitrogens is 1. The smallest absolute Gasteiger partial charge is 0.129 e. The Hall–Kier alpha value is -0.760. The number of anilines is 1. The van der Waals surface area contributed by atoms with Gasteiger partial charge in [0.25, 0.3) is 0 Å². The highest BCUT2D eigenvalue weighted by atomic mass is 35.5. The molecule has 0 aliphatic heterocycles. The average Bonchev–Trinajstić information content (AvgIpc) is 2.58. The van der Waals surface area contributed by atoms with Crippen molar-refractivity contribution in [2.45, 2.75) is 58.9 Å². The van der Waals surface area contributed by atoms with Crippen LogP contribution in [0.4, 0.5) is 5.69 Å². The maximum absolute atomic E-state index is 5.90. The minimum atomic E-state index is 0.573. The number of aryl methyl sites for hydroxylation is 1. The second kappa shape index (κ2) is 6.60. The largest absolute Gasteiger partial charge is 0.381 e. The van der Waals surface area contributed by atoms with Gasteiger partial charge < -0.3 is 5.32 Å². The summed E-state index contributed by atoms with van der Waals surface area (Å²) in [6.07, 6.45) is 6.60. The van der Waals surface area contributed by atoms with Crippen LogP contribution in [-0.2, 0) is 0 Å². The van der Waals surface area contributed by atoms with E-state index in [0.29, 0.717) is 11.2 Å². The third kappa shape index (κ3) is 4.10. The quantitative estimate of drug-likeness (QED) is 0.618. The molecule has 0 aromatic carbocycles. The Morgan fingerprint density at radius 2 is 2.00 bits per heavy atom. The summed E-state index contributed by atoms with van der Waals surface area (Å²) in [5.41, 5.74) is 2.13. The molecule has 2 nitrogen and oxygen atoms in total. The van der Waals surface area contributed by atoms with Gasteiger partial charge in [-0.05, 0) is 50.2 Å². The lowest BCUT2D eigenvalue weighted by atomic mass is 9.89. The molecule has 1 aromatic rings. The summed E-state index contributed by atoms with van der Waals surface area (Å²) < 4.78 is 0. The molecule has 106 valence electrons. The highest BCUT2D eigenvalue weighted by Gasteiger charge is 2.21. The van der Waals surface area contributed by atoms with Crippen molar-refractivity contribution in [2.75, 3.05) is 5.32 Å². The second-order valence-corrected chi connectivity index (χ2v) is 6.51. The molecular weight excluding hydrogens is 256 g/mol. The molecule has 0 amide bonds. The van der Waals surface area contributed by atoms with Crippen molar-refractivity contribution in [3.05, 3.63) is 23.0 Å². The molecule has 0 spiro atoms. The Morgan fingerprint density at radius 1 is 1.21 bits per heavy atom. The van der Waals surface area contributed by atoms with Crippen molar-refractivity contribution in [2.24, 2.45) is 11.8 Å². The Kier molecular flexibility index (Phi) is 5.09. The summed E-state index contributed by atoms with van der Waals surface area (Å²) in [5, 5.41) is 4.23. The lowest BCUT2D eigenvalue weighted by molar-refractivity contribution is 0.341. The predicted octanol–water partition coefficient (Wildman–Crippen LogP) is 5.06. The van der Waals surface area contributed by atoms with Crippen LogP contribution in [0.3, 0.4) is 0 Å². The summed E-state index contributed by atoms with van der Waals surface area (Å²) in [4.78, 5) is 4.31. The highest BCUT2D eigenvalue weighted by molar-refractivity contribution is 6.29. The van der Waals surface area contributed by atoms with Gasteiger partial charge in [-0.2, -0.15) is 0 Å². The van der Waals surface area contributed by atoms with E-state index < -0.39 is 0 Å². The molecule has 1 aliphatic carbocycles. The molecule has 0 radical (unpaired) electrons. The van der Waals surface area contributed by atoms with Crippen LogP contribution in [0.15, 0.2) is 12.1 Å². The molecule has 1 aromatic heterocycles. The lowest BCUT2D eigenvalue weighted by Gasteiger charge is -2.20. The highest BCUT2D eigenvalue weighted by Crippen LogP contribution is 2.30. The molecule has 19 heavy (non-hydrogen) atoms. The fourth-order valence-electron chi connectivity index (χ4n) is 3.04. The minimum absolute atomic E-state index is 0.573. The first kappa shape index (κ1) is 14.6. The van der Waals surface area contributed by atoms with Crippen molar-refractivity contribution in [3.63, 3.8) is 0 Å². The number of pyridine rings is 1. The fraction of sp³-hybridized carbons (Fsp3) is 0.688. The van der Waals surface area contributed by atoms with Gasteiger partial charge in [-0.15, -0.1) is 0 Å². The molecule has 1 N–H and O–H groups in total. The monoisotopic (exact) mass is 280 g/mol. The fourth-order valence-corrected chi connectivity index (χ4v) is 3.23. The molecule has 2 atom stereocenters. The van der Waals surface area contributed by atoms with E-state index >= 15 is 0 Å². The number of hydrogen-bond donors (Lipinski definition) is 1. The molecule has 1 fully saturated rings. The standard InChI is InChI=1S/C16H25ClN2/c1-11(2)13-5-4-6-14(8-7-13)19-15-9-10-16(17)18-12(15)3/h9-11,13-14,19H,4-8H2,1-3H3. The summed E-state index contributed by atoms with van der Waals surface area (Å²) in [6.45, 7) is 6.72. The third-order valence-corrected chi connectivity index (χ3v) is 4.58. The lowest BCUT2D eigenvalue weighted by Crippen LogP contribution is -2.19. The van der Waals surface area contributed by atoms with Crippen molar-refractivity contribution >= 4 is 17.3 Å². The number of rotatable bonds is 3. The zero-order chi connectivity index (χ0) is 13.8. The van der Waals surface area contributed by atoms with Crippen LogP contribution < -0.4 is 5.32 Å². The summed E-state index contributed by atoms with van der Waals surface area (Å²) in [6, 6.07) is 4.51. The van der Waals surface area contributed by atoms with Gasteiger partial charge in [0.1, 0.15) is 5.15 Å². The van der Waals surface area contributed by atoms with Crippen molar-refractivity contribution < 1.29 is 0 Å². The van der Waals surface area contributed by atoms with E-state index in [1.807, 2.05) is 13.0 Å². The number of hydrogen-bond acceptors (Lipinski definition) is 2. The van der Waals surface area contributed by atoms with Crippen molar-refractivity contribution in [1.82, 2.24) is 4.98 Å².